The number of carbonyl (C=O) groups excluding carboxylic acids is 7. The van der Waals surface area contributed by atoms with Gasteiger partial charge in [-0.1, -0.05) is 36.4 Å². The third-order valence-electron chi connectivity index (χ3n) is 17.1. The number of ether oxygens (including phenoxy) is 6. The van der Waals surface area contributed by atoms with E-state index in [2.05, 4.69) is 31.9 Å². The van der Waals surface area contributed by atoms with Crippen LogP contribution in [0, 0.1) is 6.92 Å². The number of aliphatic hydroxyl groups excluding tert-OH is 2. The number of nitrogens with two attached hydrogens (primary N) is 2. The van der Waals surface area contributed by atoms with E-state index >= 15 is 24.0 Å². The van der Waals surface area contributed by atoms with Crippen molar-refractivity contribution >= 4 is 41.4 Å². The van der Waals surface area contributed by atoms with Crippen molar-refractivity contribution in [3.63, 3.8) is 0 Å². The Morgan fingerprint density at radius 3 is 1.71 bits per heavy atom. The Bertz CT molecular complexity index is 4270. The molecule has 0 aliphatic carbocycles. The standard InChI is InChI=1S/C66H62N8O21/c1-25-41(78)17-31-19-43(25)94-44-18-29(8-15-40(44)77)49(68)60(83)73-54-57(81)27-4-10-34(11-5-27)92-45-20-32-21-46(58(45)82)93-35-12-6-28(7-13-35)59(95-47-24-38(67)56(80)26(2)91-47)55-65(88)72-53(66(89)90-3)37-22-33(75)23-42(79)48(37)36-16-30(9-14-39(36)76)50(61(84)74-55)69-63(86)52(32)70-62(85)51(31)71-64(54)87/h4-23,26,38,47,49-57,59,75-82H,24,67-68H2,1-3H3,(H,69,86)(H,70,85)(H,71,87)(H,72,88)(H,73,83)(H,74,84)/t26-,38+,47-,49-,50+,51-,52+,53-,54+,55-,56-,57+,59+/m0/s1. The summed E-state index contributed by atoms with van der Waals surface area (Å²) in [6.07, 6.45) is -7.32. The summed E-state index contributed by atoms with van der Waals surface area (Å²) in [6, 6.07) is 9.44. The van der Waals surface area contributed by atoms with Crippen LogP contribution in [0.5, 0.6) is 69.0 Å². The van der Waals surface area contributed by atoms with E-state index in [1.165, 1.54) is 92.7 Å². The van der Waals surface area contributed by atoms with Crippen molar-refractivity contribution in [3.05, 3.63) is 166 Å². The topological polar surface area (TPSA) is 461 Å². The summed E-state index contributed by atoms with van der Waals surface area (Å²) in [5.41, 5.74) is 11.1. The number of hydrogen-bond acceptors (Lipinski definition) is 23. The molecule has 1 fully saturated rings. The van der Waals surface area contributed by atoms with Gasteiger partial charge in [0.1, 0.15) is 88.7 Å². The summed E-state index contributed by atoms with van der Waals surface area (Å²) in [7, 11) is 0.985. The number of fused-ring (bicyclic) bond motifs is 14. The van der Waals surface area contributed by atoms with E-state index in [0.29, 0.717) is 0 Å². The van der Waals surface area contributed by atoms with E-state index in [0.717, 1.165) is 49.6 Å². The van der Waals surface area contributed by atoms with Crippen LogP contribution < -0.4 is 57.6 Å². The first-order chi connectivity index (χ1) is 45.3. The van der Waals surface area contributed by atoms with Gasteiger partial charge < -0.3 is 113 Å². The second kappa shape index (κ2) is 25.4. The molecule has 13 atom stereocenters. The molecular weight excluding hydrogens is 1240 g/mol. The molecule has 0 spiro atoms. The lowest BCUT2D eigenvalue weighted by molar-refractivity contribution is -0.243. The van der Waals surface area contributed by atoms with Crippen molar-refractivity contribution in [1.29, 1.82) is 0 Å². The van der Waals surface area contributed by atoms with Crippen molar-refractivity contribution in [2.45, 2.75) is 99.3 Å². The molecule has 17 bridgehead atoms. The summed E-state index contributed by atoms with van der Waals surface area (Å²) >= 11 is 0. The minimum Gasteiger partial charge on any atom is -0.508 e. The zero-order valence-electron chi connectivity index (χ0n) is 50.3. The number of aromatic hydroxyl groups is 6. The summed E-state index contributed by atoms with van der Waals surface area (Å²) in [5, 5.41) is 108. The molecule has 14 rings (SSSR count). The zero-order chi connectivity index (χ0) is 67.6. The molecule has 7 aliphatic rings. The Kier molecular flexibility index (Phi) is 17.1. The Balaban J connectivity index is 1.08. The van der Waals surface area contributed by atoms with Gasteiger partial charge in [0.05, 0.1) is 19.3 Å². The van der Waals surface area contributed by atoms with Gasteiger partial charge in [0.25, 0.3) is 0 Å². The summed E-state index contributed by atoms with van der Waals surface area (Å²) in [5.74, 6) is -13.8. The van der Waals surface area contributed by atoms with E-state index < -0.39 is 172 Å². The first-order valence-corrected chi connectivity index (χ1v) is 29.6. The molecule has 7 aromatic rings. The van der Waals surface area contributed by atoms with Crippen LogP contribution in [0.25, 0.3) is 11.1 Å². The number of esters is 1. The molecule has 0 unspecified atom stereocenters. The molecule has 6 amide bonds. The van der Waals surface area contributed by atoms with E-state index in [9.17, 15) is 50.4 Å². The van der Waals surface area contributed by atoms with Crippen molar-refractivity contribution in [1.82, 2.24) is 31.9 Å². The first-order valence-electron chi connectivity index (χ1n) is 29.6. The number of methoxy groups -OCH3 is 1. The minimum atomic E-state index is -2.17. The fraction of sp³-hybridized carbons (Fsp3) is 0.258. The monoisotopic (exact) mass is 1300 g/mol. The van der Waals surface area contributed by atoms with Crippen molar-refractivity contribution in [2.24, 2.45) is 11.5 Å². The van der Waals surface area contributed by atoms with Gasteiger partial charge >= 0.3 is 5.97 Å². The highest BCUT2D eigenvalue weighted by Gasteiger charge is 2.45. The van der Waals surface area contributed by atoms with E-state index in [4.69, 9.17) is 39.9 Å². The fourth-order valence-electron chi connectivity index (χ4n) is 11.9. The van der Waals surface area contributed by atoms with E-state index in [1.54, 1.807) is 0 Å². The van der Waals surface area contributed by atoms with Gasteiger partial charge in [-0.05, 0) is 126 Å². The number of nitrogens with one attached hydrogen (secondary N) is 6. The number of amides is 6. The Hall–Kier alpha value is -11.2. The molecule has 18 N–H and O–H groups in total. The lowest BCUT2D eigenvalue weighted by Gasteiger charge is -2.39. The summed E-state index contributed by atoms with van der Waals surface area (Å²) < 4.78 is 36.6. The molecule has 0 saturated carbocycles. The van der Waals surface area contributed by atoms with Gasteiger partial charge in [0, 0.05) is 40.8 Å². The maximum absolute atomic E-state index is 16.0. The lowest BCUT2D eigenvalue weighted by Crippen LogP contribution is -2.57. The second-order valence-electron chi connectivity index (χ2n) is 23.3. The first kappa shape index (κ1) is 63.9. The molecule has 492 valence electrons. The molecular formula is C66H62N8O21. The maximum atomic E-state index is 16.0. The van der Waals surface area contributed by atoms with E-state index in [-0.39, 0.29) is 79.5 Å². The number of hydrogen-bond donors (Lipinski definition) is 16. The molecule has 95 heavy (non-hydrogen) atoms. The van der Waals surface area contributed by atoms with Gasteiger partial charge in [-0.25, -0.2) is 4.79 Å². The molecule has 29 heteroatoms. The third kappa shape index (κ3) is 12.4. The smallest absolute Gasteiger partial charge is 0.333 e. The third-order valence-corrected chi connectivity index (χ3v) is 17.1. The highest BCUT2D eigenvalue weighted by atomic mass is 16.7. The van der Waals surface area contributed by atoms with Crippen LogP contribution in [0.4, 0.5) is 0 Å². The highest BCUT2D eigenvalue weighted by molar-refractivity contribution is 6.00. The van der Waals surface area contributed by atoms with Crippen molar-refractivity contribution in [3.8, 4) is 80.1 Å². The van der Waals surface area contributed by atoms with Crippen LogP contribution >= 0.6 is 0 Å². The van der Waals surface area contributed by atoms with Gasteiger partial charge in [0.2, 0.25) is 41.2 Å². The van der Waals surface area contributed by atoms with Crippen LogP contribution in [0.15, 0.2) is 121 Å². The Morgan fingerprint density at radius 2 is 1.06 bits per heavy atom. The predicted molar refractivity (Wildman–Crippen MR) is 327 cm³/mol. The van der Waals surface area contributed by atoms with Crippen LogP contribution in [0.3, 0.4) is 0 Å². The largest absolute Gasteiger partial charge is 0.508 e. The number of benzene rings is 7. The van der Waals surface area contributed by atoms with Gasteiger partial charge in [-0.15, -0.1) is 0 Å². The fourth-order valence-corrected chi connectivity index (χ4v) is 11.9. The van der Waals surface area contributed by atoms with Crippen LogP contribution in [0.1, 0.15) is 100 Å². The normalized spacial score (nSPS) is 25.8. The highest BCUT2D eigenvalue weighted by Crippen LogP contribution is 2.48. The number of rotatable bonds is 3. The van der Waals surface area contributed by atoms with Gasteiger partial charge in [-0.3, -0.25) is 28.8 Å². The van der Waals surface area contributed by atoms with Crippen molar-refractivity contribution in [2.75, 3.05) is 7.11 Å². The average Bonchev–Trinajstić information content (AvgIpc) is 0.784. The average molecular weight is 1300 g/mol. The molecule has 7 heterocycles. The molecule has 0 aromatic heterocycles. The van der Waals surface area contributed by atoms with Gasteiger partial charge in [0.15, 0.2) is 35.3 Å². The SMILES string of the molecule is COC(=O)[C@H]1NC(=O)[C@H]2NC(=O)[C@H](NC(=O)[C@@H]3NC(=O)[C@H]4NC(=O)[C@H](NC(=O)[C@@H](N)c5ccc(O)c(c5)Oc5cc4cc(O)c5C)[C@H](O)c4ccc(cc4)Oc4cc3cc(c4O)Oc3ccc(cc3)[C@H]2O[C@H]2C[C@@H](N)[C@@H](O)[C@H](C)O2)c2ccc(O)c(c2)-c2c(O)cc(O)cc21. The van der Waals surface area contributed by atoms with Gasteiger partial charge in [-0.2, -0.15) is 0 Å². The van der Waals surface area contributed by atoms with E-state index in [1.807, 2.05) is 0 Å². The molecule has 7 aromatic carbocycles. The molecule has 0 radical (unpaired) electrons. The summed E-state index contributed by atoms with van der Waals surface area (Å²) in [6.45, 7) is 2.94. The Labute approximate surface area is 538 Å². The summed E-state index contributed by atoms with van der Waals surface area (Å²) in [4.78, 5) is 106. The molecule has 29 nitrogen and oxygen atoms in total. The van der Waals surface area contributed by atoms with Crippen LogP contribution in [0.2, 0.25) is 0 Å². The van der Waals surface area contributed by atoms with Crippen molar-refractivity contribution < 1.29 is 103 Å². The quantitative estimate of drug-likeness (QED) is 0.113. The zero-order valence-corrected chi connectivity index (χ0v) is 50.3. The number of phenols is 6. The lowest BCUT2D eigenvalue weighted by atomic mass is 9.89. The molecule has 7 aliphatic heterocycles. The second-order valence-corrected chi connectivity index (χ2v) is 23.3. The minimum absolute atomic E-state index is 0.00324. The Morgan fingerprint density at radius 1 is 0.526 bits per heavy atom. The number of aliphatic hydroxyl groups is 2. The number of carbonyl (C=O) groups is 7. The molecule has 1 saturated heterocycles. The van der Waals surface area contributed by atoms with Crippen LogP contribution in [-0.2, 0) is 47.8 Å². The maximum Gasteiger partial charge on any atom is 0.333 e. The number of phenolic OH excluding ortho intramolecular Hbond substituents is 6. The van der Waals surface area contributed by atoms with Crippen LogP contribution in [-0.4, -0.2) is 126 Å². The predicted octanol–water partition coefficient (Wildman–Crippen LogP) is 3.41.